The fourth-order valence-corrected chi connectivity index (χ4v) is 4.93. The number of likely N-dealkylation sites (N-methyl/N-ethyl adjacent to an activating group) is 1. The Morgan fingerprint density at radius 2 is 1.16 bits per heavy atom. The van der Waals surface area contributed by atoms with Crippen LogP contribution >= 0.6 is 0 Å². The van der Waals surface area contributed by atoms with Crippen LogP contribution in [0.5, 0.6) is 0 Å². The monoisotopic (exact) mass is 431 g/mol. The summed E-state index contributed by atoms with van der Waals surface area (Å²) in [7, 11) is 2.01. The highest BCUT2D eigenvalue weighted by Crippen LogP contribution is 2.30. The predicted octanol–water partition coefficient (Wildman–Crippen LogP) is 4.49. The third kappa shape index (κ3) is 4.37. The minimum absolute atomic E-state index is 0.0222. The molecule has 0 atom stereocenters. The molecule has 4 heteroatoms. The van der Waals surface area contributed by atoms with Crippen molar-refractivity contribution in [2.45, 2.75) is 53.4 Å². The Bertz CT molecular complexity index is 995. The second-order valence-electron chi connectivity index (χ2n) is 8.59. The Kier molecular flexibility index (Phi) is 7.57. The Labute approximate surface area is 193 Å². The molecule has 4 nitrogen and oxygen atoms in total. The van der Waals surface area contributed by atoms with Crippen molar-refractivity contribution >= 4 is 17.2 Å². The molecule has 32 heavy (non-hydrogen) atoms. The zero-order valence-corrected chi connectivity index (χ0v) is 20.2. The first kappa shape index (κ1) is 23.8. The molecule has 170 valence electrons. The molecule has 4 N–H and O–H groups in total. The fraction of sp³-hybridized carbons (Fsp3) is 0.393. The first-order chi connectivity index (χ1) is 15.4. The lowest BCUT2D eigenvalue weighted by atomic mass is 9.87. The van der Waals surface area contributed by atoms with Crippen LogP contribution in [0.1, 0.15) is 61.1 Å². The highest BCUT2D eigenvalue weighted by Gasteiger charge is 2.30. The molecule has 0 saturated carbocycles. The molecule has 0 unspecified atom stereocenters. The maximum absolute atomic E-state index is 13.7. The number of hydrogen-bond donors (Lipinski definition) is 2. The van der Waals surface area contributed by atoms with E-state index in [4.69, 9.17) is 11.5 Å². The lowest BCUT2D eigenvalue weighted by Gasteiger charge is -2.29. The summed E-state index contributed by atoms with van der Waals surface area (Å²) >= 11 is 0. The first-order valence-corrected chi connectivity index (χ1v) is 11.8. The number of Topliss-reactive ketones (excluding diaryl/α,β-unsaturated/α-hetero) is 1. The first-order valence-electron chi connectivity index (χ1n) is 11.8. The molecule has 0 amide bonds. The number of nitrogens with zero attached hydrogens (tertiary/aromatic N) is 1. The molecule has 1 fully saturated rings. The molecule has 1 aliphatic heterocycles. The van der Waals surface area contributed by atoms with Crippen molar-refractivity contribution < 1.29 is 4.79 Å². The van der Waals surface area contributed by atoms with Crippen molar-refractivity contribution in [3.8, 4) is 0 Å². The summed E-state index contributed by atoms with van der Waals surface area (Å²) in [6.07, 6.45) is 3.65. The molecular formula is C28H37N3O. The molecule has 1 saturated heterocycles. The summed E-state index contributed by atoms with van der Waals surface area (Å²) in [6.45, 7) is 9.63. The molecule has 0 radical (unpaired) electrons. The molecule has 3 rings (SSSR count). The van der Waals surface area contributed by atoms with Crippen LogP contribution in [-0.4, -0.2) is 30.8 Å². The molecule has 0 bridgehead atoms. The molecule has 0 spiro atoms. The van der Waals surface area contributed by atoms with Crippen molar-refractivity contribution in [3.05, 3.63) is 80.9 Å². The van der Waals surface area contributed by atoms with Crippen LogP contribution in [0, 0.1) is 0 Å². The van der Waals surface area contributed by atoms with E-state index in [0.717, 1.165) is 36.8 Å². The van der Waals surface area contributed by atoms with E-state index in [2.05, 4.69) is 44.7 Å². The number of carbonyl (C=O) groups is 1. The molecule has 2 aromatic carbocycles. The quantitative estimate of drug-likeness (QED) is 0.661. The van der Waals surface area contributed by atoms with Crippen LogP contribution in [0.15, 0.2) is 47.5 Å². The van der Waals surface area contributed by atoms with Crippen LogP contribution in [0.3, 0.4) is 0 Å². The molecule has 1 heterocycles. The van der Waals surface area contributed by atoms with E-state index in [9.17, 15) is 4.79 Å². The van der Waals surface area contributed by atoms with Crippen LogP contribution in [0.4, 0.5) is 0 Å². The predicted molar refractivity (Wildman–Crippen MR) is 135 cm³/mol. The zero-order chi connectivity index (χ0) is 23.4. The number of benzene rings is 2. The Morgan fingerprint density at radius 3 is 1.50 bits per heavy atom. The molecule has 2 aromatic rings. The van der Waals surface area contributed by atoms with Gasteiger partial charge in [0.05, 0.1) is 0 Å². The largest absolute Gasteiger partial charge is 0.398 e. The van der Waals surface area contributed by atoms with Crippen molar-refractivity contribution in [2.75, 3.05) is 20.1 Å². The number of hydrogen-bond acceptors (Lipinski definition) is 4. The Morgan fingerprint density at radius 1 is 0.750 bits per heavy atom. The summed E-state index contributed by atoms with van der Waals surface area (Å²) in [4.78, 5) is 15.8. The SMILES string of the molecule is CCc1cccc(C(N)=C2CN(C)CC(=C(N)c3cccc(CC)c3CC)C2=O)c1CC. The molecule has 0 aliphatic carbocycles. The summed E-state index contributed by atoms with van der Waals surface area (Å²) in [6, 6.07) is 12.4. The van der Waals surface area contributed by atoms with Gasteiger partial charge in [0, 0.05) is 46.8 Å². The van der Waals surface area contributed by atoms with Gasteiger partial charge < -0.3 is 11.5 Å². The van der Waals surface area contributed by atoms with Gasteiger partial charge in [0.1, 0.15) is 0 Å². The van der Waals surface area contributed by atoms with Crippen LogP contribution in [0.25, 0.3) is 11.4 Å². The lowest BCUT2D eigenvalue weighted by Crippen LogP contribution is -2.37. The van der Waals surface area contributed by atoms with Gasteiger partial charge in [0.15, 0.2) is 5.78 Å². The normalized spacial score (nSPS) is 18.1. The summed E-state index contributed by atoms with van der Waals surface area (Å²) in [5.41, 5.74) is 22.8. The van der Waals surface area contributed by atoms with Crippen molar-refractivity contribution in [1.29, 1.82) is 0 Å². The molecular weight excluding hydrogens is 394 g/mol. The molecule has 0 aromatic heterocycles. The maximum atomic E-state index is 13.7. The Balaban J connectivity index is 2.17. The van der Waals surface area contributed by atoms with Gasteiger partial charge in [-0.1, -0.05) is 64.1 Å². The zero-order valence-electron chi connectivity index (χ0n) is 20.2. The number of ketones is 1. The van der Waals surface area contributed by atoms with E-state index in [1.807, 2.05) is 31.3 Å². The average molecular weight is 432 g/mol. The fourth-order valence-electron chi connectivity index (χ4n) is 4.93. The minimum atomic E-state index is -0.0222. The third-order valence-electron chi connectivity index (χ3n) is 6.65. The van der Waals surface area contributed by atoms with E-state index in [1.165, 1.54) is 22.3 Å². The maximum Gasteiger partial charge on any atom is 0.191 e. The van der Waals surface area contributed by atoms with Gasteiger partial charge in [-0.25, -0.2) is 0 Å². The number of piperidine rings is 1. The van der Waals surface area contributed by atoms with E-state index in [1.54, 1.807) is 0 Å². The number of aryl methyl sites for hydroxylation is 2. The van der Waals surface area contributed by atoms with Crippen LogP contribution in [0.2, 0.25) is 0 Å². The van der Waals surface area contributed by atoms with Gasteiger partial charge >= 0.3 is 0 Å². The number of nitrogens with two attached hydrogens (primary N) is 2. The van der Waals surface area contributed by atoms with Crippen LogP contribution in [-0.2, 0) is 30.5 Å². The summed E-state index contributed by atoms with van der Waals surface area (Å²) < 4.78 is 0. The average Bonchev–Trinajstić information content (AvgIpc) is 2.82. The second kappa shape index (κ2) is 10.2. The molecule has 1 aliphatic rings. The van der Waals surface area contributed by atoms with Gasteiger partial charge in [-0.05, 0) is 55.0 Å². The van der Waals surface area contributed by atoms with Gasteiger partial charge in [0.2, 0.25) is 0 Å². The van der Waals surface area contributed by atoms with Gasteiger partial charge in [-0.2, -0.15) is 0 Å². The second-order valence-corrected chi connectivity index (χ2v) is 8.59. The van der Waals surface area contributed by atoms with E-state index >= 15 is 0 Å². The van der Waals surface area contributed by atoms with Gasteiger partial charge in [0.25, 0.3) is 0 Å². The standard InChI is InChI=1S/C28H37N3O/c1-6-18-12-10-14-22(20(18)8-3)26(29)24-16-31(5)17-25(28(24)32)27(30)23-15-11-13-19(7-2)21(23)9-4/h10-15H,6-9,16-17,29-30H2,1-5H3. The van der Waals surface area contributed by atoms with Crippen molar-refractivity contribution in [2.24, 2.45) is 11.5 Å². The number of carbonyl (C=O) groups excluding carboxylic acids is 1. The van der Waals surface area contributed by atoms with Crippen LogP contribution < -0.4 is 11.5 Å². The van der Waals surface area contributed by atoms with E-state index in [0.29, 0.717) is 35.6 Å². The minimum Gasteiger partial charge on any atom is -0.398 e. The lowest BCUT2D eigenvalue weighted by molar-refractivity contribution is -0.113. The van der Waals surface area contributed by atoms with Gasteiger partial charge in [-0.3, -0.25) is 9.69 Å². The summed E-state index contributed by atoms with van der Waals surface area (Å²) in [5, 5.41) is 0. The van der Waals surface area contributed by atoms with Gasteiger partial charge in [-0.15, -0.1) is 0 Å². The number of rotatable bonds is 6. The van der Waals surface area contributed by atoms with Crippen molar-refractivity contribution in [3.63, 3.8) is 0 Å². The Hall–Kier alpha value is -2.85. The van der Waals surface area contributed by atoms with Crippen molar-refractivity contribution in [1.82, 2.24) is 4.90 Å². The topological polar surface area (TPSA) is 72.3 Å². The smallest absolute Gasteiger partial charge is 0.191 e. The van der Waals surface area contributed by atoms with E-state index < -0.39 is 0 Å². The highest BCUT2D eigenvalue weighted by atomic mass is 16.1. The summed E-state index contributed by atoms with van der Waals surface area (Å²) in [5.74, 6) is -0.0222. The number of likely N-dealkylation sites (tertiary alicyclic amines) is 1. The third-order valence-corrected chi connectivity index (χ3v) is 6.65. The van der Waals surface area contributed by atoms with E-state index in [-0.39, 0.29) is 5.78 Å². The highest BCUT2D eigenvalue weighted by molar-refractivity contribution is 6.17.